The van der Waals surface area contributed by atoms with Crippen molar-refractivity contribution in [3.63, 3.8) is 0 Å². The molecular formula is C21H13ClF2N2O3S. The lowest BCUT2D eigenvalue weighted by Gasteiger charge is -2.06. The monoisotopic (exact) mass is 446 g/mol. The van der Waals surface area contributed by atoms with E-state index in [2.05, 4.69) is 10.3 Å². The van der Waals surface area contributed by atoms with Crippen LogP contribution in [0.4, 0.5) is 20.4 Å². The van der Waals surface area contributed by atoms with E-state index in [4.69, 9.17) is 16.0 Å². The Kier molecular flexibility index (Phi) is 5.27. The van der Waals surface area contributed by atoms with Gasteiger partial charge in [-0.2, -0.15) is 4.98 Å². The van der Waals surface area contributed by atoms with E-state index in [1.807, 2.05) is 0 Å². The smallest absolute Gasteiger partial charge is 0.238 e. The van der Waals surface area contributed by atoms with Gasteiger partial charge in [-0.15, -0.1) is 0 Å². The maximum absolute atomic E-state index is 13.3. The third-order valence-corrected chi connectivity index (χ3v) is 6.19. The molecule has 0 fully saturated rings. The molecular weight excluding hydrogens is 434 g/mol. The highest BCUT2D eigenvalue weighted by Gasteiger charge is 2.29. The molecule has 152 valence electrons. The molecule has 0 atom stereocenters. The minimum absolute atomic E-state index is 0.0223. The van der Waals surface area contributed by atoms with Crippen molar-refractivity contribution in [2.45, 2.75) is 9.92 Å². The fourth-order valence-electron chi connectivity index (χ4n) is 2.71. The summed E-state index contributed by atoms with van der Waals surface area (Å²) in [4.78, 5) is 3.99. The summed E-state index contributed by atoms with van der Waals surface area (Å²) in [5.41, 5.74) is 0.774. The Morgan fingerprint density at radius 3 is 2.10 bits per heavy atom. The van der Waals surface area contributed by atoms with Gasteiger partial charge in [-0.05, 0) is 60.7 Å². The lowest BCUT2D eigenvalue weighted by molar-refractivity contribution is 0.581. The molecule has 1 heterocycles. The van der Waals surface area contributed by atoms with Gasteiger partial charge >= 0.3 is 0 Å². The summed E-state index contributed by atoms with van der Waals surface area (Å²) in [6, 6.07) is 16.3. The first-order valence-electron chi connectivity index (χ1n) is 8.63. The highest BCUT2D eigenvalue weighted by atomic mass is 35.5. The van der Waals surface area contributed by atoms with Crippen LogP contribution in [-0.2, 0) is 9.84 Å². The van der Waals surface area contributed by atoms with Crippen molar-refractivity contribution < 1.29 is 21.6 Å². The summed E-state index contributed by atoms with van der Waals surface area (Å²) in [5, 5.41) is 2.71. The number of sulfone groups is 1. The van der Waals surface area contributed by atoms with E-state index in [1.165, 1.54) is 24.3 Å². The van der Waals surface area contributed by atoms with E-state index in [-0.39, 0.29) is 16.7 Å². The highest BCUT2D eigenvalue weighted by Crippen LogP contribution is 2.36. The van der Waals surface area contributed by atoms with Gasteiger partial charge in [-0.1, -0.05) is 23.7 Å². The first kappa shape index (κ1) is 20.1. The van der Waals surface area contributed by atoms with E-state index in [0.29, 0.717) is 16.3 Å². The molecule has 0 amide bonds. The van der Waals surface area contributed by atoms with Crippen LogP contribution < -0.4 is 5.32 Å². The number of oxazole rings is 1. The lowest BCUT2D eigenvalue weighted by atomic mass is 10.2. The number of halogens is 3. The summed E-state index contributed by atoms with van der Waals surface area (Å²) in [6.07, 6.45) is 0. The molecule has 0 unspecified atom stereocenters. The Bertz CT molecular complexity index is 1310. The largest absolute Gasteiger partial charge is 0.419 e. The summed E-state index contributed by atoms with van der Waals surface area (Å²) in [5.74, 6) is -1.23. The Morgan fingerprint density at radius 2 is 1.47 bits per heavy atom. The topological polar surface area (TPSA) is 72.2 Å². The molecule has 0 aliphatic carbocycles. The van der Waals surface area contributed by atoms with Gasteiger partial charge in [0.25, 0.3) is 0 Å². The van der Waals surface area contributed by atoms with Crippen LogP contribution in [0.25, 0.3) is 11.5 Å². The van der Waals surface area contributed by atoms with Crippen molar-refractivity contribution in [2.75, 3.05) is 5.32 Å². The molecule has 0 spiro atoms. The molecule has 1 N–H and O–H groups in total. The van der Waals surface area contributed by atoms with Crippen LogP contribution in [0.2, 0.25) is 5.02 Å². The average Bonchev–Trinajstić information content (AvgIpc) is 3.15. The maximum atomic E-state index is 13.3. The predicted octanol–water partition coefficient (Wildman–Crippen LogP) is 5.85. The van der Waals surface area contributed by atoms with Gasteiger partial charge in [0, 0.05) is 5.69 Å². The van der Waals surface area contributed by atoms with Crippen LogP contribution in [0.15, 0.2) is 87.1 Å². The number of hydrogen-bond acceptors (Lipinski definition) is 5. The Hall–Kier alpha value is -3.23. The van der Waals surface area contributed by atoms with Crippen LogP contribution >= 0.6 is 11.6 Å². The number of benzene rings is 3. The molecule has 4 rings (SSSR count). The summed E-state index contributed by atoms with van der Waals surface area (Å²) >= 11 is 6.19. The molecule has 4 aromatic rings. The van der Waals surface area contributed by atoms with Crippen LogP contribution in [-0.4, -0.2) is 13.4 Å². The van der Waals surface area contributed by atoms with Crippen LogP contribution in [0.1, 0.15) is 0 Å². The summed E-state index contributed by atoms with van der Waals surface area (Å²) in [6.45, 7) is 0. The van der Waals surface area contributed by atoms with Gasteiger partial charge in [-0.3, -0.25) is 0 Å². The number of nitrogens with one attached hydrogen (secondary N) is 1. The van der Waals surface area contributed by atoms with Crippen molar-refractivity contribution in [3.8, 4) is 11.5 Å². The van der Waals surface area contributed by atoms with Gasteiger partial charge in [-0.25, -0.2) is 17.2 Å². The molecule has 0 radical (unpaired) electrons. The van der Waals surface area contributed by atoms with Gasteiger partial charge < -0.3 is 9.73 Å². The minimum Gasteiger partial charge on any atom is -0.419 e. The Labute approximate surface area is 175 Å². The number of anilines is 2. The first-order chi connectivity index (χ1) is 14.3. The van der Waals surface area contributed by atoms with Crippen molar-refractivity contribution in [3.05, 3.63) is 89.5 Å². The van der Waals surface area contributed by atoms with E-state index in [1.54, 1.807) is 24.3 Å². The second-order valence-electron chi connectivity index (χ2n) is 6.22. The van der Waals surface area contributed by atoms with Gasteiger partial charge in [0.1, 0.15) is 11.6 Å². The number of aromatic nitrogens is 1. The quantitative estimate of drug-likeness (QED) is 0.389. The fourth-order valence-corrected chi connectivity index (χ4v) is 4.18. The second kappa shape index (κ2) is 7.89. The first-order valence-corrected chi connectivity index (χ1v) is 10.5. The zero-order valence-corrected chi connectivity index (χ0v) is 16.7. The predicted molar refractivity (Wildman–Crippen MR) is 108 cm³/mol. The maximum Gasteiger partial charge on any atom is 0.238 e. The molecule has 0 bridgehead atoms. The van der Waals surface area contributed by atoms with E-state index in [9.17, 15) is 17.2 Å². The molecule has 0 aliphatic heterocycles. The van der Waals surface area contributed by atoms with Crippen molar-refractivity contribution in [2.24, 2.45) is 0 Å². The average molecular weight is 447 g/mol. The lowest BCUT2D eigenvalue weighted by Crippen LogP contribution is -2.05. The van der Waals surface area contributed by atoms with E-state index >= 15 is 0 Å². The third-order valence-electron chi connectivity index (χ3n) is 4.18. The van der Waals surface area contributed by atoms with Crippen molar-refractivity contribution in [1.82, 2.24) is 4.98 Å². The van der Waals surface area contributed by atoms with E-state index < -0.39 is 26.5 Å². The van der Waals surface area contributed by atoms with Crippen LogP contribution in [0.5, 0.6) is 0 Å². The van der Waals surface area contributed by atoms with Gasteiger partial charge in [0.05, 0.1) is 15.5 Å². The summed E-state index contributed by atoms with van der Waals surface area (Å²) in [7, 11) is -4.17. The van der Waals surface area contributed by atoms with Crippen molar-refractivity contribution in [1.29, 1.82) is 0 Å². The third kappa shape index (κ3) is 3.92. The molecule has 9 heteroatoms. The van der Waals surface area contributed by atoms with Gasteiger partial charge in [0.15, 0.2) is 0 Å². The van der Waals surface area contributed by atoms with Crippen LogP contribution in [0, 0.1) is 11.6 Å². The molecule has 1 aromatic heterocycles. The van der Waals surface area contributed by atoms with Crippen LogP contribution in [0.3, 0.4) is 0 Å². The fraction of sp³-hybridized carbons (Fsp3) is 0. The molecule has 30 heavy (non-hydrogen) atoms. The number of rotatable bonds is 5. The van der Waals surface area contributed by atoms with Crippen molar-refractivity contribution >= 4 is 33.0 Å². The normalized spacial score (nSPS) is 11.4. The van der Waals surface area contributed by atoms with E-state index in [0.717, 1.165) is 24.3 Å². The standard InChI is InChI=1S/C21H13ClF2N2O3S/c22-18-4-2-1-3-17(18)19-26-21(30(27,28)16-11-7-14(24)8-12-16)20(29-19)25-15-9-5-13(23)6-10-15/h1-12,25H. The highest BCUT2D eigenvalue weighted by molar-refractivity contribution is 7.91. The molecule has 0 saturated carbocycles. The molecule has 0 aliphatic rings. The molecule has 3 aromatic carbocycles. The molecule has 5 nitrogen and oxygen atoms in total. The van der Waals surface area contributed by atoms with Gasteiger partial charge in [0.2, 0.25) is 26.6 Å². The number of nitrogens with zero attached hydrogens (tertiary/aromatic N) is 1. The minimum atomic E-state index is -4.17. The number of hydrogen-bond donors (Lipinski definition) is 1. The Morgan fingerprint density at radius 1 is 0.867 bits per heavy atom. The SMILES string of the molecule is O=S(=O)(c1ccc(F)cc1)c1nc(-c2ccccc2Cl)oc1Nc1ccc(F)cc1. The Balaban J connectivity index is 1.85. The second-order valence-corrected chi connectivity index (χ2v) is 8.49. The zero-order valence-electron chi connectivity index (χ0n) is 15.1. The summed E-state index contributed by atoms with van der Waals surface area (Å²) < 4.78 is 58.5. The molecule has 0 saturated heterocycles. The zero-order chi connectivity index (χ0) is 21.3.